The zero-order valence-corrected chi connectivity index (χ0v) is 20.6. The molecule has 0 fully saturated rings. The summed E-state index contributed by atoms with van der Waals surface area (Å²) in [6.07, 6.45) is 3.87. The van der Waals surface area contributed by atoms with Gasteiger partial charge in [0.15, 0.2) is 0 Å². The zero-order chi connectivity index (χ0) is 24.4. The fourth-order valence-corrected chi connectivity index (χ4v) is 5.42. The Morgan fingerprint density at radius 3 is 2.00 bits per heavy atom. The summed E-state index contributed by atoms with van der Waals surface area (Å²) in [5, 5.41) is 2.33. The third-order valence-electron chi connectivity index (χ3n) is 7.17. The smallest absolute Gasteiger partial charge is 0.117 e. The van der Waals surface area contributed by atoms with Crippen LogP contribution in [0.2, 0.25) is 0 Å². The van der Waals surface area contributed by atoms with Crippen molar-refractivity contribution in [3.8, 4) is 11.4 Å². The molecule has 0 amide bonds. The normalized spacial score (nSPS) is 12.3. The predicted molar refractivity (Wildman–Crippen MR) is 149 cm³/mol. The van der Waals surface area contributed by atoms with Crippen molar-refractivity contribution < 1.29 is 0 Å². The SMILES string of the molecule is CC(C)(C)c1ccc(-n2c3cccnc3c3ncc4c5ccccc5n(-c5ccccc5)c4c32)cc1. The minimum Gasteiger partial charge on any atom is -0.307 e. The minimum atomic E-state index is 0.0927. The molecule has 0 saturated carbocycles. The molecule has 4 nitrogen and oxygen atoms in total. The van der Waals surface area contributed by atoms with E-state index >= 15 is 0 Å². The van der Waals surface area contributed by atoms with Crippen LogP contribution in [-0.4, -0.2) is 19.1 Å². The predicted octanol–water partition coefficient (Wildman–Crippen LogP) is 7.97. The van der Waals surface area contributed by atoms with Crippen molar-refractivity contribution in [2.45, 2.75) is 26.2 Å². The number of hydrogen-bond donors (Lipinski definition) is 0. The summed E-state index contributed by atoms with van der Waals surface area (Å²) >= 11 is 0. The number of rotatable bonds is 2. The van der Waals surface area contributed by atoms with E-state index in [-0.39, 0.29) is 5.41 Å². The summed E-state index contributed by atoms with van der Waals surface area (Å²) in [7, 11) is 0. The molecule has 0 radical (unpaired) electrons. The molecule has 0 atom stereocenters. The van der Waals surface area contributed by atoms with Gasteiger partial charge in [0.25, 0.3) is 0 Å². The average molecular weight is 467 g/mol. The number of nitrogens with zero attached hydrogens (tertiary/aromatic N) is 4. The third-order valence-corrected chi connectivity index (χ3v) is 7.17. The lowest BCUT2D eigenvalue weighted by Crippen LogP contribution is -2.10. The summed E-state index contributed by atoms with van der Waals surface area (Å²) in [6.45, 7) is 6.74. The highest BCUT2D eigenvalue weighted by molar-refractivity contribution is 6.21. The number of pyridine rings is 2. The molecule has 0 N–H and O–H groups in total. The lowest BCUT2D eigenvalue weighted by molar-refractivity contribution is 0.590. The van der Waals surface area contributed by atoms with Gasteiger partial charge in [-0.3, -0.25) is 9.97 Å². The first kappa shape index (κ1) is 20.9. The maximum Gasteiger partial charge on any atom is 0.117 e. The Hall–Kier alpha value is -4.44. The zero-order valence-electron chi connectivity index (χ0n) is 20.6. The van der Waals surface area contributed by atoms with Gasteiger partial charge in [-0.1, -0.05) is 69.3 Å². The van der Waals surface area contributed by atoms with Crippen LogP contribution in [0.15, 0.2) is 103 Å². The standard InChI is InChI=1S/C32H26N4/c1-32(2,3)21-15-17-23(18-16-21)36-27-14-9-19-33-28(27)29-31(36)30-25(20-34-29)24-12-7-8-13-26(24)35(30)22-10-5-4-6-11-22/h4-20H,1-3H3. The monoisotopic (exact) mass is 466 g/mol. The van der Waals surface area contributed by atoms with E-state index in [4.69, 9.17) is 9.97 Å². The molecule has 0 spiro atoms. The van der Waals surface area contributed by atoms with Crippen LogP contribution in [0.4, 0.5) is 0 Å². The molecule has 7 aromatic rings. The van der Waals surface area contributed by atoms with E-state index in [1.807, 2.05) is 18.5 Å². The molecule has 36 heavy (non-hydrogen) atoms. The minimum absolute atomic E-state index is 0.0927. The lowest BCUT2D eigenvalue weighted by atomic mass is 9.87. The van der Waals surface area contributed by atoms with Gasteiger partial charge in [-0.15, -0.1) is 0 Å². The van der Waals surface area contributed by atoms with Crippen LogP contribution in [0, 0.1) is 0 Å². The molecule has 0 saturated heterocycles. The first-order chi connectivity index (χ1) is 17.5. The fraction of sp³-hybridized carbons (Fsp3) is 0.125. The first-order valence-electron chi connectivity index (χ1n) is 12.4. The van der Waals surface area contributed by atoms with Gasteiger partial charge in [-0.25, -0.2) is 0 Å². The second-order valence-corrected chi connectivity index (χ2v) is 10.4. The van der Waals surface area contributed by atoms with Gasteiger partial charge in [-0.05, 0) is 53.4 Å². The topological polar surface area (TPSA) is 35.6 Å². The van der Waals surface area contributed by atoms with Crippen LogP contribution >= 0.6 is 0 Å². The molecule has 4 aromatic heterocycles. The Labute approximate surface area is 209 Å². The second-order valence-electron chi connectivity index (χ2n) is 10.4. The molecule has 0 aliphatic carbocycles. The maximum atomic E-state index is 5.00. The summed E-state index contributed by atoms with van der Waals surface area (Å²) in [5.41, 5.74) is 9.91. The van der Waals surface area contributed by atoms with E-state index < -0.39 is 0 Å². The molecule has 0 aliphatic heterocycles. The molecular weight excluding hydrogens is 440 g/mol. The van der Waals surface area contributed by atoms with Crippen LogP contribution in [0.5, 0.6) is 0 Å². The molecule has 174 valence electrons. The Morgan fingerprint density at radius 1 is 0.556 bits per heavy atom. The Kier molecular flexibility index (Phi) is 4.37. The van der Waals surface area contributed by atoms with E-state index in [9.17, 15) is 0 Å². The molecule has 3 aromatic carbocycles. The van der Waals surface area contributed by atoms with Crippen molar-refractivity contribution in [3.05, 3.63) is 109 Å². The summed E-state index contributed by atoms with van der Waals surface area (Å²) in [4.78, 5) is 9.78. The Balaban J connectivity index is 1.70. The summed E-state index contributed by atoms with van der Waals surface area (Å²) in [6, 6.07) is 32.2. The number of hydrogen-bond acceptors (Lipinski definition) is 2. The number of fused-ring (bicyclic) bond motifs is 7. The van der Waals surface area contributed by atoms with Gasteiger partial charge in [0, 0.05) is 34.5 Å². The van der Waals surface area contributed by atoms with Gasteiger partial charge in [0.1, 0.15) is 11.0 Å². The van der Waals surface area contributed by atoms with E-state index in [0.29, 0.717) is 0 Å². The van der Waals surface area contributed by atoms with Gasteiger partial charge >= 0.3 is 0 Å². The molecule has 4 heterocycles. The van der Waals surface area contributed by atoms with Crippen molar-refractivity contribution in [2.24, 2.45) is 0 Å². The third kappa shape index (κ3) is 2.94. The maximum absolute atomic E-state index is 5.00. The second kappa shape index (κ2) is 7.53. The van der Waals surface area contributed by atoms with Crippen LogP contribution in [0.3, 0.4) is 0 Å². The molecule has 4 heteroatoms. The number of para-hydroxylation sites is 2. The van der Waals surface area contributed by atoms with Crippen molar-refractivity contribution in [2.75, 3.05) is 0 Å². The molecule has 7 rings (SSSR count). The highest BCUT2D eigenvalue weighted by Crippen LogP contribution is 2.40. The average Bonchev–Trinajstić information content (AvgIpc) is 3.42. The first-order valence-corrected chi connectivity index (χ1v) is 12.4. The molecule has 0 unspecified atom stereocenters. The van der Waals surface area contributed by atoms with E-state index in [2.05, 4.69) is 115 Å². The van der Waals surface area contributed by atoms with Gasteiger partial charge in [-0.2, -0.15) is 0 Å². The van der Waals surface area contributed by atoms with Crippen molar-refractivity contribution >= 4 is 43.9 Å². The van der Waals surface area contributed by atoms with Crippen molar-refractivity contribution in [1.82, 2.24) is 19.1 Å². The van der Waals surface area contributed by atoms with Gasteiger partial charge in [0.05, 0.1) is 22.1 Å². The largest absolute Gasteiger partial charge is 0.307 e. The van der Waals surface area contributed by atoms with E-state index in [1.54, 1.807) is 0 Å². The van der Waals surface area contributed by atoms with Gasteiger partial charge in [0.2, 0.25) is 0 Å². The van der Waals surface area contributed by atoms with Crippen LogP contribution in [0.25, 0.3) is 55.2 Å². The van der Waals surface area contributed by atoms with Crippen molar-refractivity contribution in [3.63, 3.8) is 0 Å². The van der Waals surface area contributed by atoms with E-state index in [0.717, 1.165) is 44.3 Å². The van der Waals surface area contributed by atoms with Crippen LogP contribution < -0.4 is 0 Å². The molecule has 0 bridgehead atoms. The Morgan fingerprint density at radius 2 is 1.22 bits per heavy atom. The molecular formula is C32H26N4. The van der Waals surface area contributed by atoms with Crippen LogP contribution in [-0.2, 0) is 5.41 Å². The van der Waals surface area contributed by atoms with Crippen LogP contribution in [0.1, 0.15) is 26.3 Å². The highest BCUT2D eigenvalue weighted by atomic mass is 15.1. The Bertz CT molecular complexity index is 1900. The highest BCUT2D eigenvalue weighted by Gasteiger charge is 2.22. The summed E-state index contributed by atoms with van der Waals surface area (Å²) in [5.74, 6) is 0. The fourth-order valence-electron chi connectivity index (χ4n) is 5.42. The van der Waals surface area contributed by atoms with E-state index in [1.165, 1.54) is 16.5 Å². The summed E-state index contributed by atoms with van der Waals surface area (Å²) < 4.78 is 4.70. The van der Waals surface area contributed by atoms with Crippen molar-refractivity contribution in [1.29, 1.82) is 0 Å². The molecule has 0 aliphatic rings. The quantitative estimate of drug-likeness (QED) is 0.259. The van der Waals surface area contributed by atoms with Gasteiger partial charge < -0.3 is 9.13 Å². The number of benzene rings is 3. The lowest BCUT2D eigenvalue weighted by Gasteiger charge is -2.19. The number of aromatic nitrogens is 4.